The van der Waals surface area contributed by atoms with E-state index in [1.54, 1.807) is 0 Å². The number of aliphatic hydroxyl groups is 1. The van der Waals surface area contributed by atoms with Crippen LogP contribution in [0.15, 0.2) is 4.52 Å². The van der Waals surface area contributed by atoms with E-state index in [0.29, 0.717) is 11.8 Å². The molecule has 3 atom stereocenters. The van der Waals surface area contributed by atoms with Crippen LogP contribution < -0.4 is 10.6 Å². The maximum absolute atomic E-state index is 12.2. The highest BCUT2D eigenvalue weighted by molar-refractivity contribution is 5.74. The number of nitrogens with one attached hydrogen (secondary N) is 2. The van der Waals surface area contributed by atoms with Crippen LogP contribution in [-0.2, 0) is 0 Å². The van der Waals surface area contributed by atoms with Crippen molar-refractivity contribution < 1.29 is 14.4 Å². The SMILES string of the molecule is C[C@H](NC(=O)N[C@H]1CCCC[C@@H]1CO)c1nc(C2CCCC2)no1. The smallest absolute Gasteiger partial charge is 0.315 e. The van der Waals surface area contributed by atoms with E-state index in [2.05, 4.69) is 20.8 Å². The van der Waals surface area contributed by atoms with Crippen molar-refractivity contribution in [2.24, 2.45) is 5.92 Å². The molecule has 134 valence electrons. The Morgan fingerprint density at radius 1 is 1.25 bits per heavy atom. The summed E-state index contributed by atoms with van der Waals surface area (Å²) in [6.07, 6.45) is 8.76. The Balaban J connectivity index is 1.52. The van der Waals surface area contributed by atoms with Crippen molar-refractivity contribution in [3.05, 3.63) is 11.7 Å². The molecule has 2 aliphatic carbocycles. The van der Waals surface area contributed by atoms with Crippen LogP contribution in [0.1, 0.15) is 82.0 Å². The van der Waals surface area contributed by atoms with Crippen LogP contribution in [0.5, 0.6) is 0 Å². The number of carbonyl (C=O) groups is 1. The van der Waals surface area contributed by atoms with E-state index in [1.165, 1.54) is 12.8 Å². The van der Waals surface area contributed by atoms with E-state index in [0.717, 1.165) is 44.3 Å². The normalized spacial score (nSPS) is 26.2. The third-order valence-electron chi connectivity index (χ3n) is 5.36. The zero-order chi connectivity index (χ0) is 16.9. The lowest BCUT2D eigenvalue weighted by atomic mass is 9.85. The molecule has 2 fully saturated rings. The molecule has 2 saturated carbocycles. The fourth-order valence-corrected chi connectivity index (χ4v) is 3.86. The Morgan fingerprint density at radius 2 is 1.96 bits per heavy atom. The van der Waals surface area contributed by atoms with Gasteiger partial charge in [-0.1, -0.05) is 30.8 Å². The summed E-state index contributed by atoms with van der Waals surface area (Å²) in [6, 6.07) is -0.537. The Morgan fingerprint density at radius 3 is 2.71 bits per heavy atom. The summed E-state index contributed by atoms with van der Waals surface area (Å²) < 4.78 is 5.33. The summed E-state index contributed by atoms with van der Waals surface area (Å²) in [5, 5.41) is 19.4. The molecule has 2 amide bonds. The topological polar surface area (TPSA) is 100 Å². The van der Waals surface area contributed by atoms with E-state index < -0.39 is 0 Å². The molecule has 1 aromatic rings. The largest absolute Gasteiger partial charge is 0.396 e. The minimum atomic E-state index is -0.330. The molecule has 0 bridgehead atoms. The highest BCUT2D eigenvalue weighted by Crippen LogP contribution is 2.32. The highest BCUT2D eigenvalue weighted by atomic mass is 16.5. The van der Waals surface area contributed by atoms with Crippen molar-refractivity contribution in [2.75, 3.05) is 6.61 Å². The molecule has 2 aliphatic rings. The monoisotopic (exact) mass is 336 g/mol. The Hall–Kier alpha value is -1.63. The zero-order valence-electron chi connectivity index (χ0n) is 14.3. The summed E-state index contributed by atoms with van der Waals surface area (Å²) in [5.74, 6) is 1.77. The number of aromatic nitrogens is 2. The van der Waals surface area contributed by atoms with E-state index in [9.17, 15) is 9.90 Å². The van der Waals surface area contributed by atoms with E-state index in [1.807, 2.05) is 6.92 Å². The molecule has 0 saturated heterocycles. The number of hydrogen-bond donors (Lipinski definition) is 3. The second kappa shape index (κ2) is 7.96. The van der Waals surface area contributed by atoms with Gasteiger partial charge in [-0.05, 0) is 32.6 Å². The first kappa shape index (κ1) is 17.2. The number of rotatable bonds is 5. The molecule has 0 unspecified atom stereocenters. The van der Waals surface area contributed by atoms with Crippen molar-refractivity contribution in [1.29, 1.82) is 0 Å². The average molecular weight is 336 g/mol. The number of hydrogen-bond acceptors (Lipinski definition) is 5. The molecule has 1 heterocycles. The van der Waals surface area contributed by atoms with Gasteiger partial charge in [0.25, 0.3) is 0 Å². The van der Waals surface area contributed by atoms with E-state index in [-0.39, 0.29) is 30.6 Å². The van der Waals surface area contributed by atoms with Gasteiger partial charge < -0.3 is 20.3 Å². The molecule has 3 N–H and O–H groups in total. The van der Waals surface area contributed by atoms with Crippen LogP contribution in [0.2, 0.25) is 0 Å². The number of urea groups is 1. The van der Waals surface area contributed by atoms with Crippen molar-refractivity contribution >= 4 is 6.03 Å². The third-order valence-corrected chi connectivity index (χ3v) is 5.36. The Bertz CT molecular complexity index is 542. The van der Waals surface area contributed by atoms with E-state index in [4.69, 9.17) is 4.52 Å². The minimum absolute atomic E-state index is 0.0349. The van der Waals surface area contributed by atoms with Gasteiger partial charge >= 0.3 is 6.03 Å². The predicted molar refractivity (Wildman–Crippen MR) is 88.4 cm³/mol. The Labute approximate surface area is 142 Å². The number of nitrogens with zero attached hydrogens (tertiary/aromatic N) is 2. The standard InChI is InChI=1S/C17H28N4O3/c1-11(16-20-15(21-24-16)12-6-2-3-7-12)18-17(23)19-14-9-5-4-8-13(14)10-22/h11-14,22H,2-10H2,1H3,(H2,18,19,23)/t11-,13+,14-/m0/s1. The number of amides is 2. The average Bonchev–Trinajstić information content (AvgIpc) is 3.26. The quantitative estimate of drug-likeness (QED) is 0.767. The third kappa shape index (κ3) is 4.06. The van der Waals surface area contributed by atoms with Gasteiger partial charge in [-0.2, -0.15) is 4.98 Å². The van der Waals surface area contributed by atoms with Crippen LogP contribution in [0.4, 0.5) is 4.79 Å². The molecule has 3 rings (SSSR count). The molecule has 1 aromatic heterocycles. The van der Waals surface area contributed by atoms with Crippen LogP contribution in [-0.4, -0.2) is 33.9 Å². The lowest BCUT2D eigenvalue weighted by Gasteiger charge is -2.31. The Kier molecular flexibility index (Phi) is 5.71. The van der Waals surface area contributed by atoms with E-state index >= 15 is 0 Å². The first-order valence-electron chi connectivity index (χ1n) is 9.18. The van der Waals surface area contributed by atoms with Crippen molar-refractivity contribution in [2.45, 2.75) is 76.3 Å². The molecule has 24 heavy (non-hydrogen) atoms. The summed E-state index contributed by atoms with van der Waals surface area (Å²) in [4.78, 5) is 16.7. The predicted octanol–water partition coefficient (Wildman–Crippen LogP) is 2.64. The molecule has 7 nitrogen and oxygen atoms in total. The van der Waals surface area contributed by atoms with Crippen molar-refractivity contribution in [1.82, 2.24) is 20.8 Å². The van der Waals surface area contributed by atoms with Gasteiger partial charge in [0.2, 0.25) is 5.89 Å². The first-order chi connectivity index (χ1) is 11.7. The van der Waals surface area contributed by atoms with Crippen molar-refractivity contribution in [3.8, 4) is 0 Å². The molecule has 0 aromatic carbocycles. The van der Waals surface area contributed by atoms with Gasteiger partial charge in [-0.25, -0.2) is 4.79 Å². The molecule has 0 aliphatic heterocycles. The number of carbonyl (C=O) groups excluding carboxylic acids is 1. The van der Waals surface area contributed by atoms with Gasteiger partial charge in [-0.15, -0.1) is 0 Å². The molecule has 0 spiro atoms. The summed E-state index contributed by atoms with van der Waals surface area (Å²) in [6.45, 7) is 1.96. The highest BCUT2D eigenvalue weighted by Gasteiger charge is 2.27. The summed E-state index contributed by atoms with van der Waals surface area (Å²) >= 11 is 0. The molecule has 7 heteroatoms. The van der Waals surface area contributed by atoms with Crippen LogP contribution in [0, 0.1) is 5.92 Å². The molecular formula is C17H28N4O3. The maximum Gasteiger partial charge on any atom is 0.315 e. The summed E-state index contributed by atoms with van der Waals surface area (Å²) in [7, 11) is 0. The van der Waals surface area contributed by atoms with Gasteiger partial charge in [0.15, 0.2) is 5.82 Å². The second-order valence-electron chi connectivity index (χ2n) is 7.15. The lowest BCUT2D eigenvalue weighted by Crippen LogP contribution is -2.48. The summed E-state index contributed by atoms with van der Waals surface area (Å²) in [5.41, 5.74) is 0. The van der Waals surface area contributed by atoms with Crippen LogP contribution >= 0.6 is 0 Å². The van der Waals surface area contributed by atoms with Crippen LogP contribution in [0.3, 0.4) is 0 Å². The fourth-order valence-electron chi connectivity index (χ4n) is 3.86. The van der Waals surface area contributed by atoms with Gasteiger partial charge in [-0.3, -0.25) is 0 Å². The lowest BCUT2D eigenvalue weighted by molar-refractivity contribution is 0.153. The minimum Gasteiger partial charge on any atom is -0.396 e. The second-order valence-corrected chi connectivity index (χ2v) is 7.15. The molecule has 0 radical (unpaired) electrons. The van der Waals surface area contributed by atoms with Gasteiger partial charge in [0, 0.05) is 24.5 Å². The maximum atomic E-state index is 12.2. The number of aliphatic hydroxyl groups excluding tert-OH is 1. The zero-order valence-corrected chi connectivity index (χ0v) is 14.3. The van der Waals surface area contributed by atoms with Crippen LogP contribution in [0.25, 0.3) is 0 Å². The fraction of sp³-hybridized carbons (Fsp3) is 0.824. The molecular weight excluding hydrogens is 308 g/mol. The van der Waals surface area contributed by atoms with Gasteiger partial charge in [0.05, 0.1) is 0 Å². The first-order valence-corrected chi connectivity index (χ1v) is 9.18. The van der Waals surface area contributed by atoms with Gasteiger partial charge in [0.1, 0.15) is 6.04 Å². The van der Waals surface area contributed by atoms with Crippen molar-refractivity contribution in [3.63, 3.8) is 0 Å².